The minimum Gasteiger partial charge on any atom is -0.496 e. The Bertz CT molecular complexity index is 457. The fourth-order valence-electron chi connectivity index (χ4n) is 2.61. The van der Waals surface area contributed by atoms with Crippen LogP contribution in [0.2, 0.25) is 0 Å². The molecule has 0 amide bonds. The van der Waals surface area contributed by atoms with Gasteiger partial charge in [0, 0.05) is 12.1 Å². The van der Waals surface area contributed by atoms with Gasteiger partial charge in [-0.05, 0) is 18.2 Å². The molecule has 1 saturated heterocycles. The van der Waals surface area contributed by atoms with Crippen LogP contribution in [0.5, 0.6) is 0 Å². The van der Waals surface area contributed by atoms with Crippen LogP contribution in [0.1, 0.15) is 6.42 Å². The quantitative estimate of drug-likeness (QED) is 0.840. The van der Waals surface area contributed by atoms with E-state index in [1.807, 2.05) is 41.3 Å². The van der Waals surface area contributed by atoms with E-state index in [9.17, 15) is 9.90 Å². The third-order valence-corrected chi connectivity index (χ3v) is 3.36. The van der Waals surface area contributed by atoms with E-state index in [1.54, 1.807) is 6.26 Å². The minimum absolute atomic E-state index is 0.0312. The van der Waals surface area contributed by atoms with Gasteiger partial charge in [0.25, 0.3) is 0 Å². The van der Waals surface area contributed by atoms with E-state index in [2.05, 4.69) is 0 Å². The highest BCUT2D eigenvalue weighted by Crippen LogP contribution is 2.35. The molecular weight excluding hydrogens is 218 g/mol. The number of carbonyl (C=O) groups is 1. The summed E-state index contributed by atoms with van der Waals surface area (Å²) in [7, 11) is 0. The van der Waals surface area contributed by atoms with Gasteiger partial charge in [-0.1, -0.05) is 18.2 Å². The van der Waals surface area contributed by atoms with Crippen molar-refractivity contribution in [1.29, 1.82) is 0 Å². The second-order valence-electron chi connectivity index (χ2n) is 4.33. The molecule has 1 fully saturated rings. The van der Waals surface area contributed by atoms with Crippen molar-refractivity contribution < 1.29 is 14.6 Å². The van der Waals surface area contributed by atoms with Crippen LogP contribution in [0.15, 0.2) is 42.7 Å². The van der Waals surface area contributed by atoms with Crippen LogP contribution in [0.3, 0.4) is 0 Å². The molecule has 0 aliphatic carbocycles. The Morgan fingerprint density at radius 3 is 2.82 bits per heavy atom. The van der Waals surface area contributed by atoms with Crippen molar-refractivity contribution in [3.05, 3.63) is 42.7 Å². The van der Waals surface area contributed by atoms with Gasteiger partial charge in [-0.15, -0.1) is 0 Å². The van der Waals surface area contributed by atoms with E-state index < -0.39 is 12.0 Å². The summed E-state index contributed by atoms with van der Waals surface area (Å²) in [4.78, 5) is 13.2. The number of rotatable bonds is 2. The summed E-state index contributed by atoms with van der Waals surface area (Å²) in [6, 6.07) is 9.17. The standard InChI is InChI=1S/C13H13NO3/c15-13(16)11-8-12-10(6-7-17-12)14(11)9-4-2-1-3-5-9/h1-7,10-12H,8H2,(H,15,16). The Morgan fingerprint density at radius 2 is 2.12 bits per heavy atom. The fraction of sp³-hybridized carbons (Fsp3) is 0.308. The SMILES string of the molecule is O=C(O)C1CC2OC=CC2N1c1ccccc1. The van der Waals surface area contributed by atoms with Crippen LogP contribution >= 0.6 is 0 Å². The average molecular weight is 231 g/mol. The van der Waals surface area contributed by atoms with Crippen molar-refractivity contribution in [3.8, 4) is 0 Å². The van der Waals surface area contributed by atoms with E-state index in [0.717, 1.165) is 5.69 Å². The lowest BCUT2D eigenvalue weighted by Gasteiger charge is -2.27. The predicted octanol–water partition coefficient (Wildman–Crippen LogP) is 1.63. The topological polar surface area (TPSA) is 49.8 Å². The molecule has 3 atom stereocenters. The Labute approximate surface area is 99.1 Å². The first kappa shape index (κ1) is 10.2. The number of fused-ring (bicyclic) bond motifs is 1. The van der Waals surface area contributed by atoms with Crippen LogP contribution in [0, 0.1) is 0 Å². The molecule has 0 bridgehead atoms. The molecule has 4 heteroatoms. The number of hydrogen-bond acceptors (Lipinski definition) is 3. The van der Waals surface area contributed by atoms with E-state index in [0.29, 0.717) is 6.42 Å². The highest BCUT2D eigenvalue weighted by Gasteiger charge is 2.46. The number of hydrogen-bond donors (Lipinski definition) is 1. The smallest absolute Gasteiger partial charge is 0.326 e. The Hall–Kier alpha value is -1.97. The highest BCUT2D eigenvalue weighted by molar-refractivity contribution is 5.80. The number of anilines is 1. The van der Waals surface area contributed by atoms with Gasteiger partial charge in [-0.3, -0.25) is 0 Å². The number of para-hydroxylation sites is 1. The minimum atomic E-state index is -0.791. The molecular formula is C13H13NO3. The average Bonchev–Trinajstić information content (AvgIpc) is 2.89. The molecule has 2 aliphatic heterocycles. The summed E-state index contributed by atoms with van der Waals surface area (Å²) in [5.41, 5.74) is 0.933. The van der Waals surface area contributed by atoms with Gasteiger partial charge in [-0.25, -0.2) is 4.79 Å². The molecule has 0 saturated carbocycles. The molecule has 3 rings (SSSR count). The van der Waals surface area contributed by atoms with Gasteiger partial charge in [0.15, 0.2) is 0 Å². The van der Waals surface area contributed by atoms with Crippen molar-refractivity contribution >= 4 is 11.7 Å². The summed E-state index contributed by atoms with van der Waals surface area (Å²) in [5, 5.41) is 9.28. The highest BCUT2D eigenvalue weighted by atomic mass is 16.5. The Morgan fingerprint density at radius 1 is 1.35 bits per heavy atom. The number of carboxylic acid groups (broad SMARTS) is 1. The Kier molecular flexibility index (Phi) is 2.28. The van der Waals surface area contributed by atoms with Crippen LogP contribution in [-0.4, -0.2) is 29.3 Å². The van der Waals surface area contributed by atoms with Crippen molar-refractivity contribution in [1.82, 2.24) is 0 Å². The van der Waals surface area contributed by atoms with Gasteiger partial charge in [-0.2, -0.15) is 0 Å². The number of ether oxygens (including phenoxy) is 1. The van der Waals surface area contributed by atoms with Gasteiger partial charge < -0.3 is 14.7 Å². The van der Waals surface area contributed by atoms with Crippen LogP contribution in [0.25, 0.3) is 0 Å². The molecule has 88 valence electrons. The van der Waals surface area contributed by atoms with Gasteiger partial charge in [0.05, 0.1) is 12.3 Å². The second kappa shape index (κ2) is 3.80. The molecule has 0 spiro atoms. The van der Waals surface area contributed by atoms with E-state index in [1.165, 1.54) is 0 Å². The third kappa shape index (κ3) is 1.56. The van der Waals surface area contributed by atoms with Gasteiger partial charge in [0.1, 0.15) is 12.1 Å². The molecule has 0 aromatic heterocycles. The number of nitrogens with zero attached hydrogens (tertiary/aromatic N) is 1. The fourth-order valence-corrected chi connectivity index (χ4v) is 2.61. The zero-order valence-corrected chi connectivity index (χ0v) is 9.19. The Balaban J connectivity index is 1.98. The first-order valence-electron chi connectivity index (χ1n) is 5.65. The lowest BCUT2D eigenvalue weighted by molar-refractivity contribution is -0.138. The molecule has 3 unspecified atom stereocenters. The molecule has 4 nitrogen and oxygen atoms in total. The van der Waals surface area contributed by atoms with E-state index >= 15 is 0 Å². The molecule has 17 heavy (non-hydrogen) atoms. The van der Waals surface area contributed by atoms with Crippen LogP contribution in [0.4, 0.5) is 5.69 Å². The maximum atomic E-state index is 11.3. The number of carboxylic acids is 1. The molecule has 2 heterocycles. The summed E-state index contributed by atoms with van der Waals surface area (Å²) < 4.78 is 5.42. The van der Waals surface area contributed by atoms with Gasteiger partial charge in [0.2, 0.25) is 0 Å². The van der Waals surface area contributed by atoms with Crippen LogP contribution < -0.4 is 4.90 Å². The van der Waals surface area contributed by atoms with E-state index in [-0.39, 0.29) is 12.1 Å². The normalized spacial score (nSPS) is 30.1. The zero-order chi connectivity index (χ0) is 11.8. The predicted molar refractivity (Wildman–Crippen MR) is 62.8 cm³/mol. The monoisotopic (exact) mass is 231 g/mol. The zero-order valence-electron chi connectivity index (χ0n) is 9.19. The summed E-state index contributed by atoms with van der Waals surface area (Å²) in [6.45, 7) is 0. The maximum absolute atomic E-state index is 11.3. The first-order valence-corrected chi connectivity index (χ1v) is 5.65. The van der Waals surface area contributed by atoms with E-state index in [4.69, 9.17) is 4.74 Å². The number of benzene rings is 1. The summed E-state index contributed by atoms with van der Waals surface area (Å²) in [5.74, 6) is -0.791. The van der Waals surface area contributed by atoms with Crippen molar-refractivity contribution in [3.63, 3.8) is 0 Å². The van der Waals surface area contributed by atoms with Crippen molar-refractivity contribution in [2.24, 2.45) is 0 Å². The summed E-state index contributed by atoms with van der Waals surface area (Å²) >= 11 is 0. The lowest BCUT2D eigenvalue weighted by atomic mass is 10.1. The number of aliphatic carboxylic acids is 1. The molecule has 0 radical (unpaired) electrons. The molecule has 2 aliphatic rings. The molecule has 1 aromatic rings. The molecule has 1 N–H and O–H groups in total. The van der Waals surface area contributed by atoms with Crippen LogP contribution in [-0.2, 0) is 9.53 Å². The van der Waals surface area contributed by atoms with Crippen molar-refractivity contribution in [2.45, 2.75) is 24.6 Å². The summed E-state index contributed by atoms with van der Waals surface area (Å²) in [6.07, 6.45) is 4.10. The maximum Gasteiger partial charge on any atom is 0.326 e. The third-order valence-electron chi connectivity index (χ3n) is 3.36. The van der Waals surface area contributed by atoms with Gasteiger partial charge >= 0.3 is 5.97 Å². The largest absolute Gasteiger partial charge is 0.496 e. The second-order valence-corrected chi connectivity index (χ2v) is 4.33. The van der Waals surface area contributed by atoms with Crippen molar-refractivity contribution in [2.75, 3.05) is 4.90 Å². The lowest BCUT2D eigenvalue weighted by Crippen LogP contribution is -2.40. The first-order chi connectivity index (χ1) is 8.27. The molecule has 1 aromatic carbocycles.